The highest BCUT2D eigenvalue weighted by molar-refractivity contribution is 7.10. The molecule has 0 unspecified atom stereocenters. The highest BCUT2D eigenvalue weighted by atomic mass is 35.5. The SMILES string of the molecule is O=C(O)c1cccc(OCc2nnsc2Cl)c1. The summed E-state index contributed by atoms with van der Waals surface area (Å²) in [6.07, 6.45) is 0. The molecule has 5 nitrogen and oxygen atoms in total. The van der Waals surface area contributed by atoms with E-state index >= 15 is 0 Å². The van der Waals surface area contributed by atoms with E-state index in [4.69, 9.17) is 21.4 Å². The molecular formula is C10H7ClN2O3S. The van der Waals surface area contributed by atoms with Gasteiger partial charge in [-0.2, -0.15) is 0 Å². The maximum atomic E-state index is 10.7. The Labute approximate surface area is 106 Å². The summed E-state index contributed by atoms with van der Waals surface area (Å²) in [5, 5.41) is 12.6. The zero-order valence-corrected chi connectivity index (χ0v) is 10.0. The van der Waals surface area contributed by atoms with E-state index in [0.29, 0.717) is 15.8 Å². The van der Waals surface area contributed by atoms with E-state index in [0.717, 1.165) is 11.5 Å². The lowest BCUT2D eigenvalue weighted by Crippen LogP contribution is -1.99. The smallest absolute Gasteiger partial charge is 0.335 e. The van der Waals surface area contributed by atoms with Crippen LogP contribution in [-0.2, 0) is 6.61 Å². The van der Waals surface area contributed by atoms with Crippen molar-refractivity contribution in [3.8, 4) is 5.75 Å². The molecule has 0 aliphatic carbocycles. The van der Waals surface area contributed by atoms with Crippen molar-refractivity contribution in [2.24, 2.45) is 0 Å². The van der Waals surface area contributed by atoms with Crippen LogP contribution < -0.4 is 4.74 Å². The Morgan fingerprint density at radius 2 is 2.35 bits per heavy atom. The largest absolute Gasteiger partial charge is 0.487 e. The van der Waals surface area contributed by atoms with E-state index in [-0.39, 0.29) is 12.2 Å². The van der Waals surface area contributed by atoms with Crippen molar-refractivity contribution in [3.05, 3.63) is 39.9 Å². The van der Waals surface area contributed by atoms with Crippen molar-refractivity contribution in [1.29, 1.82) is 0 Å². The lowest BCUT2D eigenvalue weighted by molar-refractivity contribution is 0.0696. The fourth-order valence-electron chi connectivity index (χ4n) is 1.15. The van der Waals surface area contributed by atoms with Gasteiger partial charge in [0.2, 0.25) is 0 Å². The number of aromatic nitrogens is 2. The number of carboxylic acid groups (broad SMARTS) is 1. The Morgan fingerprint density at radius 1 is 1.53 bits per heavy atom. The van der Waals surface area contributed by atoms with Crippen LogP contribution in [0.15, 0.2) is 24.3 Å². The standard InChI is InChI=1S/C10H7ClN2O3S/c11-9-8(12-13-17-9)5-16-7-3-1-2-6(4-7)10(14)15/h1-4H,5H2,(H,14,15). The second kappa shape index (κ2) is 5.11. The van der Waals surface area contributed by atoms with Crippen molar-refractivity contribution in [2.45, 2.75) is 6.61 Å². The second-order valence-electron chi connectivity index (χ2n) is 3.11. The molecule has 7 heteroatoms. The molecule has 2 aromatic rings. The van der Waals surface area contributed by atoms with Gasteiger partial charge in [0.25, 0.3) is 0 Å². The monoisotopic (exact) mass is 270 g/mol. The molecule has 1 aromatic carbocycles. The van der Waals surface area contributed by atoms with Crippen LogP contribution in [0.5, 0.6) is 5.75 Å². The predicted octanol–water partition coefficient (Wildman–Crippen LogP) is 2.47. The van der Waals surface area contributed by atoms with Crippen molar-refractivity contribution in [1.82, 2.24) is 9.59 Å². The molecule has 17 heavy (non-hydrogen) atoms. The molecular weight excluding hydrogens is 264 g/mol. The molecule has 0 bridgehead atoms. The van der Waals surface area contributed by atoms with Crippen LogP contribution in [0.4, 0.5) is 0 Å². The molecule has 2 rings (SSSR count). The third kappa shape index (κ3) is 2.92. The van der Waals surface area contributed by atoms with Gasteiger partial charge in [0, 0.05) is 11.5 Å². The van der Waals surface area contributed by atoms with Gasteiger partial charge in [-0.1, -0.05) is 22.2 Å². The number of hydrogen-bond acceptors (Lipinski definition) is 5. The molecule has 0 aliphatic heterocycles. The van der Waals surface area contributed by atoms with Gasteiger partial charge in [0.1, 0.15) is 22.4 Å². The lowest BCUT2D eigenvalue weighted by atomic mass is 10.2. The van der Waals surface area contributed by atoms with Gasteiger partial charge >= 0.3 is 5.97 Å². The van der Waals surface area contributed by atoms with Gasteiger partial charge in [0.05, 0.1) is 5.56 Å². The molecule has 88 valence electrons. The Hall–Kier alpha value is -1.66. The van der Waals surface area contributed by atoms with E-state index in [1.165, 1.54) is 12.1 Å². The van der Waals surface area contributed by atoms with Crippen molar-refractivity contribution < 1.29 is 14.6 Å². The van der Waals surface area contributed by atoms with Crippen LogP contribution in [0.1, 0.15) is 16.1 Å². The number of hydrogen-bond donors (Lipinski definition) is 1. The first-order valence-corrected chi connectivity index (χ1v) is 5.75. The van der Waals surface area contributed by atoms with Crippen LogP contribution in [0.2, 0.25) is 4.34 Å². The van der Waals surface area contributed by atoms with Crippen LogP contribution in [0, 0.1) is 0 Å². The van der Waals surface area contributed by atoms with E-state index in [9.17, 15) is 4.79 Å². The van der Waals surface area contributed by atoms with Crippen molar-refractivity contribution >= 4 is 29.1 Å². The number of rotatable bonds is 4. The first-order chi connectivity index (χ1) is 8.16. The summed E-state index contributed by atoms with van der Waals surface area (Å²) >= 11 is 6.88. The van der Waals surface area contributed by atoms with Crippen molar-refractivity contribution in [3.63, 3.8) is 0 Å². The highest BCUT2D eigenvalue weighted by Gasteiger charge is 2.07. The Bertz CT molecular complexity index is 544. The molecule has 0 saturated heterocycles. The zero-order valence-electron chi connectivity index (χ0n) is 8.46. The third-order valence-electron chi connectivity index (χ3n) is 1.97. The van der Waals surface area contributed by atoms with Gasteiger partial charge in [0.15, 0.2) is 0 Å². The van der Waals surface area contributed by atoms with Gasteiger partial charge in [-0.05, 0) is 18.2 Å². The van der Waals surface area contributed by atoms with Crippen LogP contribution in [-0.4, -0.2) is 20.7 Å². The summed E-state index contributed by atoms with van der Waals surface area (Å²) in [4.78, 5) is 10.7. The number of aromatic carboxylic acids is 1. The quantitative estimate of drug-likeness (QED) is 0.924. The zero-order chi connectivity index (χ0) is 12.3. The van der Waals surface area contributed by atoms with Gasteiger partial charge in [-0.15, -0.1) is 5.10 Å². The summed E-state index contributed by atoms with van der Waals surface area (Å²) in [5.74, 6) is -0.544. The van der Waals surface area contributed by atoms with E-state index in [2.05, 4.69) is 9.59 Å². The Kier molecular flexibility index (Phi) is 3.55. The molecule has 0 radical (unpaired) electrons. The summed E-state index contributed by atoms with van der Waals surface area (Å²) in [5.41, 5.74) is 0.711. The number of nitrogens with zero attached hydrogens (tertiary/aromatic N) is 2. The Balaban J connectivity index is 2.07. The topological polar surface area (TPSA) is 72.3 Å². The highest BCUT2D eigenvalue weighted by Crippen LogP contribution is 2.20. The normalized spacial score (nSPS) is 10.2. The predicted molar refractivity (Wildman–Crippen MR) is 62.7 cm³/mol. The Morgan fingerprint density at radius 3 is 3.00 bits per heavy atom. The number of halogens is 1. The molecule has 0 aliphatic rings. The number of benzene rings is 1. The molecule has 0 spiro atoms. The average molecular weight is 271 g/mol. The van der Waals surface area contributed by atoms with Gasteiger partial charge in [-0.25, -0.2) is 4.79 Å². The summed E-state index contributed by atoms with van der Waals surface area (Å²) in [6, 6.07) is 6.21. The molecule has 0 amide bonds. The second-order valence-corrected chi connectivity index (χ2v) is 4.47. The molecule has 1 heterocycles. The first kappa shape index (κ1) is 11.8. The molecule has 1 N–H and O–H groups in total. The minimum Gasteiger partial charge on any atom is -0.487 e. The summed E-state index contributed by atoms with van der Waals surface area (Å²) in [6.45, 7) is 0.165. The maximum Gasteiger partial charge on any atom is 0.335 e. The average Bonchev–Trinajstić information content (AvgIpc) is 2.72. The third-order valence-corrected chi connectivity index (χ3v) is 2.95. The number of carbonyl (C=O) groups is 1. The molecule has 0 atom stereocenters. The van der Waals surface area contributed by atoms with Gasteiger partial charge in [-0.3, -0.25) is 0 Å². The summed E-state index contributed by atoms with van der Waals surface area (Å²) < 4.78 is 9.52. The van der Waals surface area contributed by atoms with E-state index < -0.39 is 5.97 Å². The summed E-state index contributed by atoms with van der Waals surface area (Å²) in [7, 11) is 0. The first-order valence-electron chi connectivity index (χ1n) is 4.59. The number of carboxylic acids is 1. The molecule has 0 fully saturated rings. The van der Waals surface area contributed by atoms with E-state index in [1.807, 2.05) is 0 Å². The van der Waals surface area contributed by atoms with Gasteiger partial charge < -0.3 is 9.84 Å². The number of ether oxygens (including phenoxy) is 1. The molecule has 1 aromatic heterocycles. The minimum absolute atomic E-state index is 0.165. The van der Waals surface area contributed by atoms with E-state index in [1.54, 1.807) is 12.1 Å². The molecule has 0 saturated carbocycles. The fourth-order valence-corrected chi connectivity index (χ4v) is 1.75. The maximum absolute atomic E-state index is 10.7. The fraction of sp³-hybridized carbons (Fsp3) is 0.100. The van der Waals surface area contributed by atoms with Crippen molar-refractivity contribution in [2.75, 3.05) is 0 Å². The van der Waals surface area contributed by atoms with Crippen LogP contribution >= 0.6 is 23.1 Å². The van der Waals surface area contributed by atoms with Crippen LogP contribution in [0.25, 0.3) is 0 Å². The minimum atomic E-state index is -0.996. The van der Waals surface area contributed by atoms with Crippen LogP contribution in [0.3, 0.4) is 0 Å². The lowest BCUT2D eigenvalue weighted by Gasteiger charge is -2.04.